The van der Waals surface area contributed by atoms with Gasteiger partial charge >= 0.3 is 0 Å². The highest BCUT2D eigenvalue weighted by Gasteiger charge is 2.44. The van der Waals surface area contributed by atoms with E-state index in [4.69, 9.17) is 4.74 Å². The Labute approximate surface area is 158 Å². The number of imidazole rings is 1. The van der Waals surface area contributed by atoms with Crippen molar-refractivity contribution < 1.29 is 14.3 Å². The summed E-state index contributed by atoms with van der Waals surface area (Å²) in [7, 11) is 1.59. The predicted molar refractivity (Wildman–Crippen MR) is 101 cm³/mol. The third-order valence-electron chi connectivity index (χ3n) is 5.64. The molecular weight excluding hydrogens is 344 g/mol. The summed E-state index contributed by atoms with van der Waals surface area (Å²) in [6.45, 7) is 3.45. The fourth-order valence-electron chi connectivity index (χ4n) is 3.70. The summed E-state index contributed by atoms with van der Waals surface area (Å²) in [6, 6.07) is 5.41. The lowest BCUT2D eigenvalue weighted by Crippen LogP contribution is -2.38. The molecule has 1 aromatic carbocycles. The fraction of sp³-hybridized carbons (Fsp3) is 0.450. The first-order chi connectivity index (χ1) is 13.0. The number of nitrogens with one attached hydrogen (secondary N) is 2. The van der Waals surface area contributed by atoms with E-state index in [0.717, 1.165) is 30.8 Å². The summed E-state index contributed by atoms with van der Waals surface area (Å²) >= 11 is 0. The molecule has 1 aliphatic heterocycles. The van der Waals surface area contributed by atoms with Crippen LogP contribution >= 0.6 is 0 Å². The van der Waals surface area contributed by atoms with Gasteiger partial charge in [0.1, 0.15) is 11.6 Å². The van der Waals surface area contributed by atoms with Gasteiger partial charge in [-0.25, -0.2) is 4.98 Å². The van der Waals surface area contributed by atoms with Crippen LogP contribution in [-0.2, 0) is 16.1 Å². The van der Waals surface area contributed by atoms with Gasteiger partial charge < -0.3 is 19.9 Å². The molecule has 7 nitrogen and oxygen atoms in total. The Morgan fingerprint density at radius 2 is 2.26 bits per heavy atom. The quantitative estimate of drug-likeness (QED) is 0.819. The number of aromatic nitrogens is 2. The summed E-state index contributed by atoms with van der Waals surface area (Å²) in [5.41, 5.74) is 1.58. The molecule has 1 aromatic heterocycles. The lowest BCUT2D eigenvalue weighted by Gasteiger charge is -2.26. The van der Waals surface area contributed by atoms with Gasteiger partial charge in [0.25, 0.3) is 0 Å². The molecule has 2 aromatic rings. The van der Waals surface area contributed by atoms with Gasteiger partial charge in [-0.1, -0.05) is 0 Å². The Bertz CT molecular complexity index is 885. The minimum atomic E-state index is -0.491. The van der Waals surface area contributed by atoms with Crippen LogP contribution in [0.3, 0.4) is 0 Å². The number of ether oxygens (including phenoxy) is 1. The van der Waals surface area contributed by atoms with Gasteiger partial charge in [0.15, 0.2) is 0 Å². The molecule has 0 saturated heterocycles. The fourth-order valence-corrected chi connectivity index (χ4v) is 3.70. The summed E-state index contributed by atoms with van der Waals surface area (Å²) in [5, 5.41) is 5.92. The van der Waals surface area contributed by atoms with Crippen molar-refractivity contribution >= 4 is 17.5 Å². The molecule has 1 fully saturated rings. The van der Waals surface area contributed by atoms with Gasteiger partial charge in [-0.2, -0.15) is 0 Å². The van der Waals surface area contributed by atoms with Crippen LogP contribution in [0.2, 0.25) is 0 Å². The van der Waals surface area contributed by atoms with Gasteiger partial charge in [0.05, 0.1) is 13.0 Å². The van der Waals surface area contributed by atoms with Crippen LogP contribution in [-0.4, -0.2) is 35.0 Å². The molecule has 2 heterocycles. The maximum atomic E-state index is 12.9. The van der Waals surface area contributed by atoms with E-state index in [1.54, 1.807) is 25.4 Å². The predicted octanol–water partition coefficient (Wildman–Crippen LogP) is 2.22. The first-order valence-corrected chi connectivity index (χ1v) is 9.23. The van der Waals surface area contributed by atoms with Crippen molar-refractivity contribution in [2.45, 2.75) is 38.6 Å². The Hall–Kier alpha value is -2.83. The number of anilines is 1. The lowest BCUT2D eigenvalue weighted by molar-refractivity contribution is -0.126. The number of benzene rings is 1. The highest BCUT2D eigenvalue weighted by molar-refractivity contribution is 6.01. The standard InChI is InChI=1S/C20H24N4O3/c1-13-21-7-8-24(13)12-20(5-6-20)11-22-19(26)16-10-18(25)23-17-4-3-14(27-2)9-15(16)17/h3-4,7-9,16H,5-6,10-12H2,1-2H3,(H,22,26)(H,23,25). The number of fused-ring (bicyclic) bond motifs is 1. The molecule has 1 aliphatic carbocycles. The molecule has 2 N–H and O–H groups in total. The molecule has 4 rings (SSSR count). The maximum absolute atomic E-state index is 12.9. The van der Waals surface area contributed by atoms with Crippen LogP contribution in [0.5, 0.6) is 5.75 Å². The Kier molecular flexibility index (Phi) is 4.37. The number of nitrogens with zero attached hydrogens (tertiary/aromatic N) is 2. The largest absolute Gasteiger partial charge is 0.497 e. The summed E-state index contributed by atoms with van der Waals surface area (Å²) < 4.78 is 7.41. The zero-order valence-corrected chi connectivity index (χ0v) is 15.6. The molecule has 1 atom stereocenters. The van der Waals surface area contributed by atoms with Gasteiger partial charge in [-0.3, -0.25) is 9.59 Å². The second-order valence-electron chi connectivity index (χ2n) is 7.58. The maximum Gasteiger partial charge on any atom is 0.228 e. The third-order valence-corrected chi connectivity index (χ3v) is 5.64. The van der Waals surface area contributed by atoms with E-state index >= 15 is 0 Å². The Balaban J connectivity index is 1.46. The van der Waals surface area contributed by atoms with Crippen molar-refractivity contribution in [2.24, 2.45) is 5.41 Å². The highest BCUT2D eigenvalue weighted by atomic mass is 16.5. The van der Waals surface area contributed by atoms with E-state index in [9.17, 15) is 9.59 Å². The lowest BCUT2D eigenvalue weighted by atomic mass is 9.89. The number of amides is 2. The molecular formula is C20H24N4O3. The molecule has 2 aliphatic rings. The van der Waals surface area contributed by atoms with Crippen LogP contribution in [0.15, 0.2) is 30.6 Å². The Morgan fingerprint density at radius 1 is 1.44 bits per heavy atom. The van der Waals surface area contributed by atoms with Crippen molar-refractivity contribution in [3.63, 3.8) is 0 Å². The number of methoxy groups -OCH3 is 1. The van der Waals surface area contributed by atoms with Crippen molar-refractivity contribution in [1.82, 2.24) is 14.9 Å². The SMILES string of the molecule is COc1ccc2c(c1)C(C(=O)NCC1(Cn3ccnc3C)CC1)CC(=O)N2. The number of hydrogen-bond acceptors (Lipinski definition) is 4. The second kappa shape index (κ2) is 6.72. The first kappa shape index (κ1) is 17.6. The number of aryl methyl sites for hydroxylation is 1. The second-order valence-corrected chi connectivity index (χ2v) is 7.58. The average Bonchev–Trinajstić information content (AvgIpc) is 3.32. The highest BCUT2D eigenvalue weighted by Crippen LogP contribution is 2.47. The minimum Gasteiger partial charge on any atom is -0.497 e. The molecule has 1 unspecified atom stereocenters. The molecule has 0 spiro atoms. The minimum absolute atomic E-state index is 0.0925. The van der Waals surface area contributed by atoms with Crippen molar-refractivity contribution in [1.29, 1.82) is 0 Å². The van der Waals surface area contributed by atoms with Crippen molar-refractivity contribution in [3.8, 4) is 5.75 Å². The van der Waals surface area contributed by atoms with Crippen LogP contribution in [0.4, 0.5) is 5.69 Å². The number of carbonyl (C=O) groups excluding carboxylic acids is 2. The van der Waals surface area contributed by atoms with E-state index in [1.165, 1.54) is 0 Å². The van der Waals surface area contributed by atoms with Crippen LogP contribution < -0.4 is 15.4 Å². The van der Waals surface area contributed by atoms with E-state index in [0.29, 0.717) is 18.0 Å². The normalized spacial score (nSPS) is 19.8. The zero-order valence-electron chi connectivity index (χ0n) is 15.6. The number of hydrogen-bond donors (Lipinski definition) is 2. The molecule has 142 valence electrons. The third kappa shape index (κ3) is 3.54. The number of rotatable bonds is 6. The van der Waals surface area contributed by atoms with E-state index in [-0.39, 0.29) is 23.7 Å². The molecule has 2 amide bonds. The van der Waals surface area contributed by atoms with E-state index in [1.807, 2.05) is 19.2 Å². The number of carbonyl (C=O) groups is 2. The average molecular weight is 368 g/mol. The molecule has 1 saturated carbocycles. The van der Waals surface area contributed by atoms with Crippen molar-refractivity contribution in [2.75, 3.05) is 19.0 Å². The van der Waals surface area contributed by atoms with Crippen LogP contribution in [0.1, 0.15) is 36.6 Å². The van der Waals surface area contributed by atoms with Crippen LogP contribution in [0.25, 0.3) is 0 Å². The van der Waals surface area contributed by atoms with E-state index < -0.39 is 5.92 Å². The monoisotopic (exact) mass is 368 g/mol. The van der Waals surface area contributed by atoms with Crippen LogP contribution in [0, 0.1) is 12.3 Å². The molecule has 0 radical (unpaired) electrons. The van der Waals surface area contributed by atoms with E-state index in [2.05, 4.69) is 20.2 Å². The summed E-state index contributed by atoms with van der Waals surface area (Å²) in [5.74, 6) is 0.931. The topological polar surface area (TPSA) is 85.2 Å². The van der Waals surface area contributed by atoms with Crippen molar-refractivity contribution in [3.05, 3.63) is 42.0 Å². The molecule has 7 heteroatoms. The molecule has 0 bridgehead atoms. The van der Waals surface area contributed by atoms with Gasteiger partial charge in [0, 0.05) is 43.0 Å². The molecule has 27 heavy (non-hydrogen) atoms. The van der Waals surface area contributed by atoms with Gasteiger partial charge in [0.2, 0.25) is 11.8 Å². The van der Waals surface area contributed by atoms with Gasteiger partial charge in [-0.15, -0.1) is 0 Å². The first-order valence-electron chi connectivity index (χ1n) is 9.23. The summed E-state index contributed by atoms with van der Waals surface area (Å²) in [4.78, 5) is 29.2. The smallest absolute Gasteiger partial charge is 0.228 e. The Morgan fingerprint density at radius 3 is 2.93 bits per heavy atom. The summed E-state index contributed by atoms with van der Waals surface area (Å²) in [6.07, 6.45) is 6.10. The zero-order chi connectivity index (χ0) is 19.0. The van der Waals surface area contributed by atoms with Gasteiger partial charge in [-0.05, 0) is 43.5 Å².